The van der Waals surface area contributed by atoms with Crippen molar-refractivity contribution in [2.45, 2.75) is 13.5 Å². The minimum atomic E-state index is 0.911. The van der Waals surface area contributed by atoms with Crippen molar-refractivity contribution >= 4 is 10.9 Å². The SMILES string of the molecule is C/C=C/Cn1c(-c2ccccc2)cc2ccccc21. The third-order valence-electron chi connectivity index (χ3n) is 3.40. The molecule has 0 unspecified atom stereocenters. The fourth-order valence-electron chi connectivity index (χ4n) is 2.47. The van der Waals surface area contributed by atoms with Crippen molar-refractivity contribution in [2.75, 3.05) is 0 Å². The van der Waals surface area contributed by atoms with Crippen LogP contribution in [0.15, 0.2) is 72.8 Å². The fraction of sp³-hybridized carbons (Fsp3) is 0.111. The molecule has 1 heteroatoms. The Morgan fingerprint density at radius 1 is 0.947 bits per heavy atom. The summed E-state index contributed by atoms with van der Waals surface area (Å²) in [5, 5.41) is 1.30. The van der Waals surface area contributed by atoms with Crippen LogP contribution < -0.4 is 0 Å². The zero-order chi connectivity index (χ0) is 13.1. The number of fused-ring (bicyclic) bond motifs is 1. The molecule has 0 amide bonds. The second-order valence-electron chi connectivity index (χ2n) is 4.63. The molecule has 0 spiro atoms. The lowest BCUT2D eigenvalue weighted by Crippen LogP contribution is -1.97. The topological polar surface area (TPSA) is 4.93 Å². The summed E-state index contributed by atoms with van der Waals surface area (Å²) in [7, 11) is 0. The summed E-state index contributed by atoms with van der Waals surface area (Å²) in [4.78, 5) is 0. The molecule has 3 rings (SSSR count). The molecule has 0 N–H and O–H groups in total. The number of nitrogens with zero attached hydrogens (tertiary/aromatic N) is 1. The van der Waals surface area contributed by atoms with Gasteiger partial charge in [-0.15, -0.1) is 0 Å². The molecule has 0 aliphatic heterocycles. The van der Waals surface area contributed by atoms with Gasteiger partial charge in [0.15, 0.2) is 0 Å². The van der Waals surface area contributed by atoms with Gasteiger partial charge in [-0.1, -0.05) is 60.7 Å². The Morgan fingerprint density at radius 2 is 1.68 bits per heavy atom. The monoisotopic (exact) mass is 247 g/mol. The maximum Gasteiger partial charge on any atom is 0.0494 e. The highest BCUT2D eigenvalue weighted by Gasteiger charge is 2.08. The standard InChI is InChI=1S/C18H17N/c1-2-3-13-19-17-12-8-7-11-16(17)14-18(19)15-9-5-4-6-10-15/h2-12,14H,13H2,1H3/b3-2+. The molecule has 3 aromatic rings. The van der Waals surface area contributed by atoms with Crippen LogP contribution in [0.1, 0.15) is 6.92 Å². The quantitative estimate of drug-likeness (QED) is 0.581. The van der Waals surface area contributed by atoms with Gasteiger partial charge >= 0.3 is 0 Å². The van der Waals surface area contributed by atoms with E-state index in [0.29, 0.717) is 0 Å². The minimum absolute atomic E-state index is 0.911. The third-order valence-corrected chi connectivity index (χ3v) is 3.40. The molecule has 1 aromatic heterocycles. The van der Waals surface area contributed by atoms with Crippen LogP contribution in [0.3, 0.4) is 0 Å². The lowest BCUT2D eigenvalue weighted by Gasteiger charge is -2.08. The molecule has 0 fully saturated rings. The zero-order valence-electron chi connectivity index (χ0n) is 11.1. The molecule has 0 aliphatic carbocycles. The Balaban J connectivity index is 2.22. The number of para-hydroxylation sites is 1. The van der Waals surface area contributed by atoms with E-state index in [9.17, 15) is 0 Å². The predicted molar refractivity (Wildman–Crippen MR) is 82.2 cm³/mol. The number of rotatable bonds is 3. The maximum atomic E-state index is 2.37. The predicted octanol–water partition coefficient (Wildman–Crippen LogP) is 4.88. The lowest BCUT2D eigenvalue weighted by molar-refractivity contribution is 0.871. The average Bonchev–Trinajstić information content (AvgIpc) is 2.85. The number of allylic oxidation sites excluding steroid dienone is 2. The van der Waals surface area contributed by atoms with Crippen molar-refractivity contribution < 1.29 is 0 Å². The van der Waals surface area contributed by atoms with Gasteiger partial charge in [-0.3, -0.25) is 0 Å². The molecule has 0 radical (unpaired) electrons. The maximum absolute atomic E-state index is 2.37. The van der Waals surface area contributed by atoms with E-state index in [0.717, 1.165) is 6.54 Å². The summed E-state index contributed by atoms with van der Waals surface area (Å²) < 4.78 is 2.37. The van der Waals surface area contributed by atoms with Gasteiger partial charge in [0.1, 0.15) is 0 Å². The summed E-state index contributed by atoms with van der Waals surface area (Å²) in [5.41, 5.74) is 3.84. The number of hydrogen-bond acceptors (Lipinski definition) is 0. The molecule has 0 atom stereocenters. The fourth-order valence-corrected chi connectivity index (χ4v) is 2.47. The van der Waals surface area contributed by atoms with Crippen molar-refractivity contribution in [1.82, 2.24) is 4.57 Å². The highest BCUT2D eigenvalue weighted by atomic mass is 15.0. The smallest absolute Gasteiger partial charge is 0.0494 e. The number of benzene rings is 2. The van der Waals surface area contributed by atoms with Crippen LogP contribution >= 0.6 is 0 Å². The van der Waals surface area contributed by atoms with E-state index in [-0.39, 0.29) is 0 Å². The van der Waals surface area contributed by atoms with Crippen molar-refractivity contribution in [1.29, 1.82) is 0 Å². The Hall–Kier alpha value is -2.28. The van der Waals surface area contributed by atoms with Crippen molar-refractivity contribution in [3.8, 4) is 11.3 Å². The van der Waals surface area contributed by atoms with Gasteiger partial charge in [0.25, 0.3) is 0 Å². The van der Waals surface area contributed by atoms with Gasteiger partial charge in [-0.2, -0.15) is 0 Å². The summed E-state index contributed by atoms with van der Waals surface area (Å²) in [6.07, 6.45) is 4.29. The van der Waals surface area contributed by atoms with E-state index in [4.69, 9.17) is 0 Å². The van der Waals surface area contributed by atoms with Crippen LogP contribution in [-0.2, 0) is 6.54 Å². The van der Waals surface area contributed by atoms with Gasteiger partial charge in [-0.25, -0.2) is 0 Å². The second kappa shape index (κ2) is 5.15. The van der Waals surface area contributed by atoms with E-state index in [2.05, 4.69) is 84.3 Å². The summed E-state index contributed by atoms with van der Waals surface area (Å²) in [6.45, 7) is 2.97. The molecular weight excluding hydrogens is 230 g/mol. The molecule has 0 saturated heterocycles. The first-order chi connectivity index (χ1) is 9.40. The molecule has 0 saturated carbocycles. The Labute approximate surface area is 113 Å². The highest BCUT2D eigenvalue weighted by molar-refractivity contribution is 5.87. The summed E-state index contributed by atoms with van der Waals surface area (Å²) >= 11 is 0. The summed E-state index contributed by atoms with van der Waals surface area (Å²) in [6, 6.07) is 21.4. The van der Waals surface area contributed by atoms with Crippen molar-refractivity contribution in [3.05, 3.63) is 72.8 Å². The van der Waals surface area contributed by atoms with Gasteiger partial charge in [-0.05, 0) is 24.6 Å². The summed E-state index contributed by atoms with van der Waals surface area (Å²) in [5.74, 6) is 0. The third kappa shape index (κ3) is 2.19. The minimum Gasteiger partial charge on any atom is -0.337 e. The van der Waals surface area contributed by atoms with Crippen molar-refractivity contribution in [3.63, 3.8) is 0 Å². The average molecular weight is 247 g/mol. The Morgan fingerprint density at radius 3 is 2.47 bits per heavy atom. The van der Waals surface area contributed by atoms with Crippen LogP contribution in [0.2, 0.25) is 0 Å². The van der Waals surface area contributed by atoms with Crippen LogP contribution in [0.5, 0.6) is 0 Å². The van der Waals surface area contributed by atoms with E-state index in [1.807, 2.05) is 0 Å². The number of hydrogen-bond donors (Lipinski definition) is 0. The molecule has 2 aromatic carbocycles. The zero-order valence-corrected chi connectivity index (χ0v) is 11.1. The van der Waals surface area contributed by atoms with E-state index >= 15 is 0 Å². The van der Waals surface area contributed by atoms with Gasteiger partial charge in [0, 0.05) is 23.1 Å². The largest absolute Gasteiger partial charge is 0.337 e. The molecule has 1 nitrogen and oxygen atoms in total. The van der Waals surface area contributed by atoms with Crippen molar-refractivity contribution in [2.24, 2.45) is 0 Å². The number of aromatic nitrogens is 1. The molecule has 1 heterocycles. The first-order valence-electron chi connectivity index (χ1n) is 6.65. The van der Waals surface area contributed by atoms with E-state index in [1.165, 1.54) is 22.2 Å². The first-order valence-corrected chi connectivity index (χ1v) is 6.65. The van der Waals surface area contributed by atoms with E-state index in [1.54, 1.807) is 0 Å². The van der Waals surface area contributed by atoms with Crippen LogP contribution in [0, 0.1) is 0 Å². The molecule has 0 bridgehead atoms. The molecule has 94 valence electrons. The normalized spacial score (nSPS) is 11.4. The Bertz CT molecular complexity index is 705. The van der Waals surface area contributed by atoms with Gasteiger partial charge in [0.2, 0.25) is 0 Å². The van der Waals surface area contributed by atoms with Crippen LogP contribution in [0.4, 0.5) is 0 Å². The lowest BCUT2D eigenvalue weighted by atomic mass is 10.1. The molecular formula is C18H17N. The first kappa shape index (κ1) is 11.8. The second-order valence-corrected chi connectivity index (χ2v) is 4.63. The van der Waals surface area contributed by atoms with E-state index < -0.39 is 0 Å². The highest BCUT2D eigenvalue weighted by Crippen LogP contribution is 2.28. The van der Waals surface area contributed by atoms with Gasteiger partial charge < -0.3 is 4.57 Å². The van der Waals surface area contributed by atoms with Gasteiger partial charge in [0.05, 0.1) is 0 Å². The molecule has 19 heavy (non-hydrogen) atoms. The van der Waals surface area contributed by atoms with Crippen LogP contribution in [-0.4, -0.2) is 4.57 Å². The van der Waals surface area contributed by atoms with Crippen LogP contribution in [0.25, 0.3) is 22.2 Å². The Kier molecular flexibility index (Phi) is 3.20. The molecule has 0 aliphatic rings.